The van der Waals surface area contributed by atoms with Crippen LogP contribution < -0.4 is 15.4 Å². The van der Waals surface area contributed by atoms with E-state index in [1.165, 1.54) is 0 Å². The molecule has 0 radical (unpaired) electrons. The van der Waals surface area contributed by atoms with Crippen molar-refractivity contribution in [2.75, 3.05) is 47.3 Å². The van der Waals surface area contributed by atoms with E-state index >= 15 is 0 Å². The first-order chi connectivity index (χ1) is 13.9. The lowest BCUT2D eigenvalue weighted by molar-refractivity contribution is -0.133. The lowest BCUT2D eigenvalue weighted by Gasteiger charge is -2.26. The summed E-state index contributed by atoms with van der Waals surface area (Å²) in [7, 11) is 5.44. The van der Waals surface area contributed by atoms with Gasteiger partial charge in [-0.15, -0.1) is 24.0 Å². The number of halogens is 1. The molecule has 2 unspecified atom stereocenters. The van der Waals surface area contributed by atoms with Gasteiger partial charge in [-0.2, -0.15) is 0 Å². The molecule has 1 amide bonds. The molecule has 30 heavy (non-hydrogen) atoms. The Kier molecular flexibility index (Phi) is 12.1. The molecule has 1 fully saturated rings. The number of nitrogens with zero attached hydrogens (tertiary/aromatic N) is 3. The zero-order valence-corrected chi connectivity index (χ0v) is 21.3. The number of likely N-dealkylation sites (N-methyl/N-ethyl adjacent to an activating group) is 1. The molecule has 0 bridgehead atoms. The Balaban J connectivity index is 0.00000450. The number of carbonyl (C=O) groups excluding carboxylic acids is 1. The van der Waals surface area contributed by atoms with Crippen LogP contribution in [0.1, 0.15) is 31.7 Å². The minimum atomic E-state index is 0. The van der Waals surface area contributed by atoms with Gasteiger partial charge in [0.2, 0.25) is 5.91 Å². The van der Waals surface area contributed by atoms with Gasteiger partial charge in [-0.05, 0) is 51.3 Å². The summed E-state index contributed by atoms with van der Waals surface area (Å²) < 4.78 is 6.00. The summed E-state index contributed by atoms with van der Waals surface area (Å²) in [6.07, 6.45) is 3.05. The van der Waals surface area contributed by atoms with Crippen molar-refractivity contribution in [1.29, 1.82) is 0 Å². The Morgan fingerprint density at radius 1 is 1.33 bits per heavy atom. The Hall–Kier alpha value is -1.55. The predicted molar refractivity (Wildman–Crippen MR) is 134 cm³/mol. The van der Waals surface area contributed by atoms with E-state index in [1.807, 2.05) is 52.2 Å². The quantitative estimate of drug-likeness (QED) is 0.222. The first-order valence-electron chi connectivity index (χ1n) is 10.5. The number of amides is 1. The number of hydrogen-bond acceptors (Lipinski definition) is 4. The summed E-state index contributed by atoms with van der Waals surface area (Å²) in [5.41, 5.74) is 1.13. The molecule has 170 valence electrons. The molecule has 2 N–H and O–H groups in total. The Morgan fingerprint density at radius 3 is 2.73 bits per heavy atom. The van der Waals surface area contributed by atoms with E-state index in [2.05, 4.69) is 20.5 Å². The molecular weight excluding hydrogens is 493 g/mol. The average Bonchev–Trinajstić information content (AvgIpc) is 3.17. The summed E-state index contributed by atoms with van der Waals surface area (Å²) >= 11 is 0. The van der Waals surface area contributed by atoms with Crippen molar-refractivity contribution in [3.8, 4) is 5.75 Å². The van der Waals surface area contributed by atoms with Crippen molar-refractivity contribution in [1.82, 2.24) is 20.4 Å². The van der Waals surface area contributed by atoms with Gasteiger partial charge >= 0.3 is 0 Å². The highest BCUT2D eigenvalue weighted by molar-refractivity contribution is 14.0. The maximum absolute atomic E-state index is 12.3. The van der Waals surface area contributed by atoms with Crippen LogP contribution >= 0.6 is 24.0 Å². The van der Waals surface area contributed by atoms with Crippen LogP contribution in [0.4, 0.5) is 0 Å². The molecule has 2 rings (SSSR count). The van der Waals surface area contributed by atoms with Crippen LogP contribution in [0.3, 0.4) is 0 Å². The van der Waals surface area contributed by atoms with Crippen LogP contribution in [0, 0.1) is 6.92 Å². The van der Waals surface area contributed by atoms with Gasteiger partial charge in [-0.3, -0.25) is 14.7 Å². The van der Waals surface area contributed by atoms with Crippen LogP contribution in [0.2, 0.25) is 0 Å². The van der Waals surface area contributed by atoms with Gasteiger partial charge in [0, 0.05) is 34.2 Å². The van der Waals surface area contributed by atoms with Crippen molar-refractivity contribution in [3.05, 3.63) is 29.8 Å². The maximum atomic E-state index is 12.3. The standard InChI is InChI=1S/C22H37N5O2.HI/c1-17-10-6-7-12-20(17)29-18(2)16-25-22(23-3)24-13-9-15-27-14-8-11-19(27)21(28)26(4)5;/h6-7,10,12,18-19H,8-9,11,13-16H2,1-5H3,(H2,23,24,25);1H. The second-order valence-electron chi connectivity index (χ2n) is 7.85. The highest BCUT2D eigenvalue weighted by atomic mass is 127. The van der Waals surface area contributed by atoms with Gasteiger partial charge in [-0.25, -0.2) is 0 Å². The van der Waals surface area contributed by atoms with Crippen molar-refractivity contribution in [3.63, 3.8) is 0 Å². The molecule has 0 saturated carbocycles. The lowest BCUT2D eigenvalue weighted by atomic mass is 10.2. The largest absolute Gasteiger partial charge is 0.489 e. The number of ether oxygens (including phenoxy) is 1. The van der Waals surface area contributed by atoms with Crippen molar-refractivity contribution < 1.29 is 9.53 Å². The first-order valence-corrected chi connectivity index (χ1v) is 10.5. The number of carbonyl (C=O) groups is 1. The van der Waals surface area contributed by atoms with Crippen LogP contribution in [0.5, 0.6) is 5.75 Å². The second-order valence-corrected chi connectivity index (χ2v) is 7.85. The Labute approximate surface area is 198 Å². The highest BCUT2D eigenvalue weighted by Crippen LogP contribution is 2.19. The van der Waals surface area contributed by atoms with Gasteiger partial charge in [0.05, 0.1) is 12.6 Å². The zero-order valence-electron chi connectivity index (χ0n) is 19.0. The van der Waals surface area contributed by atoms with Crippen molar-refractivity contribution >= 4 is 35.8 Å². The van der Waals surface area contributed by atoms with E-state index < -0.39 is 0 Å². The highest BCUT2D eigenvalue weighted by Gasteiger charge is 2.30. The predicted octanol–water partition coefficient (Wildman–Crippen LogP) is 2.49. The monoisotopic (exact) mass is 531 g/mol. The minimum absolute atomic E-state index is 0. The molecular formula is C22H38IN5O2. The molecule has 1 heterocycles. The second kappa shape index (κ2) is 13.7. The fourth-order valence-electron chi connectivity index (χ4n) is 3.57. The average molecular weight is 531 g/mol. The van der Waals surface area contributed by atoms with Gasteiger partial charge in [0.25, 0.3) is 0 Å². The minimum Gasteiger partial charge on any atom is -0.489 e. The molecule has 1 aliphatic rings. The van der Waals surface area contributed by atoms with Crippen LogP contribution in [-0.4, -0.2) is 81.1 Å². The summed E-state index contributed by atoms with van der Waals surface area (Å²) in [5.74, 6) is 1.90. The molecule has 8 heteroatoms. The van der Waals surface area contributed by atoms with E-state index in [0.29, 0.717) is 6.54 Å². The van der Waals surface area contributed by atoms with E-state index in [9.17, 15) is 4.79 Å². The number of para-hydroxylation sites is 1. The molecule has 1 aliphatic heterocycles. The van der Waals surface area contributed by atoms with Crippen molar-refractivity contribution in [2.24, 2.45) is 4.99 Å². The zero-order chi connectivity index (χ0) is 21.2. The number of rotatable bonds is 9. The van der Waals surface area contributed by atoms with E-state index in [1.54, 1.807) is 11.9 Å². The smallest absolute Gasteiger partial charge is 0.239 e. The van der Waals surface area contributed by atoms with Gasteiger partial charge in [0.15, 0.2) is 5.96 Å². The topological polar surface area (TPSA) is 69.2 Å². The van der Waals surface area contributed by atoms with Crippen LogP contribution in [0.15, 0.2) is 29.3 Å². The summed E-state index contributed by atoms with van der Waals surface area (Å²) in [4.78, 5) is 20.6. The van der Waals surface area contributed by atoms with E-state index in [-0.39, 0.29) is 42.0 Å². The first kappa shape index (κ1) is 26.5. The Bertz CT molecular complexity index is 683. The third kappa shape index (κ3) is 8.29. The number of aliphatic imine (C=N–C) groups is 1. The molecule has 0 aromatic heterocycles. The third-order valence-corrected chi connectivity index (χ3v) is 5.21. The SMILES string of the molecule is CN=C(NCCCN1CCCC1C(=O)N(C)C)NCC(C)Oc1ccccc1C.I. The normalized spacial score (nSPS) is 17.8. The molecule has 1 aromatic rings. The van der Waals surface area contributed by atoms with Gasteiger partial charge in [-0.1, -0.05) is 18.2 Å². The van der Waals surface area contributed by atoms with Crippen molar-refractivity contribution in [2.45, 2.75) is 45.3 Å². The van der Waals surface area contributed by atoms with Crippen LogP contribution in [0.25, 0.3) is 0 Å². The number of likely N-dealkylation sites (tertiary alicyclic amines) is 1. The lowest BCUT2D eigenvalue weighted by Crippen LogP contribution is -2.44. The van der Waals surface area contributed by atoms with Crippen LogP contribution in [-0.2, 0) is 4.79 Å². The molecule has 1 saturated heterocycles. The fraction of sp³-hybridized carbons (Fsp3) is 0.636. The van der Waals surface area contributed by atoms with E-state index in [4.69, 9.17) is 4.74 Å². The molecule has 7 nitrogen and oxygen atoms in total. The molecule has 1 aromatic carbocycles. The maximum Gasteiger partial charge on any atom is 0.239 e. The van der Waals surface area contributed by atoms with Gasteiger partial charge < -0.3 is 20.3 Å². The number of benzene rings is 1. The van der Waals surface area contributed by atoms with E-state index in [0.717, 1.165) is 56.2 Å². The molecule has 2 atom stereocenters. The summed E-state index contributed by atoms with van der Waals surface area (Å²) in [6.45, 7) is 7.49. The summed E-state index contributed by atoms with van der Waals surface area (Å²) in [6, 6.07) is 8.08. The molecule has 0 spiro atoms. The number of aryl methyl sites for hydroxylation is 1. The number of nitrogens with one attached hydrogen (secondary N) is 2. The fourth-order valence-corrected chi connectivity index (χ4v) is 3.57. The third-order valence-electron chi connectivity index (χ3n) is 5.21. The molecule has 0 aliphatic carbocycles. The van der Waals surface area contributed by atoms with Gasteiger partial charge in [0.1, 0.15) is 11.9 Å². The number of guanidine groups is 1. The summed E-state index contributed by atoms with van der Waals surface area (Å²) in [5, 5.41) is 6.67. The Morgan fingerprint density at radius 2 is 2.07 bits per heavy atom. The number of hydrogen-bond donors (Lipinski definition) is 2.